The molecule has 25 heavy (non-hydrogen) atoms. The Morgan fingerprint density at radius 3 is 2.56 bits per heavy atom. The van der Waals surface area contributed by atoms with E-state index in [1.165, 1.54) is 16.8 Å². The number of rotatable bonds is 7. The van der Waals surface area contributed by atoms with Crippen molar-refractivity contribution in [3.8, 4) is 5.75 Å². The Balaban J connectivity index is 1.81. The molecule has 1 fully saturated rings. The molecular weight excluding hydrogens is 318 g/mol. The first-order valence-electron chi connectivity index (χ1n) is 8.64. The Hall–Kier alpha value is -2.63. The molecule has 6 heteroatoms. The summed E-state index contributed by atoms with van der Waals surface area (Å²) in [5.41, 5.74) is 1.20. The molecule has 0 radical (unpaired) electrons. The topological polar surface area (TPSA) is 64.4 Å². The Bertz CT molecular complexity index is 794. The van der Waals surface area contributed by atoms with Crippen molar-refractivity contribution in [3.63, 3.8) is 0 Å². The second-order valence-electron chi connectivity index (χ2n) is 6.29. The molecule has 6 nitrogen and oxygen atoms in total. The number of benzene rings is 1. The standard InChI is InChI=1S/C19H23N3O3/c1-3-12-22-18(23)11-10-17(20-22)19(24)21(15-6-7-15)13-14-4-8-16(25-2)9-5-14/h4-5,8-11,15H,3,6-7,12-13H2,1-2H3. The summed E-state index contributed by atoms with van der Waals surface area (Å²) in [6, 6.07) is 10.9. The van der Waals surface area contributed by atoms with Gasteiger partial charge in [-0.15, -0.1) is 0 Å². The van der Waals surface area contributed by atoms with E-state index in [2.05, 4.69) is 5.10 Å². The number of aryl methyl sites for hydroxylation is 1. The van der Waals surface area contributed by atoms with Crippen molar-refractivity contribution in [2.24, 2.45) is 0 Å². The predicted octanol–water partition coefficient (Wildman–Crippen LogP) is 2.47. The maximum atomic E-state index is 12.9. The van der Waals surface area contributed by atoms with Crippen LogP contribution in [0.1, 0.15) is 42.2 Å². The van der Waals surface area contributed by atoms with Crippen molar-refractivity contribution in [1.29, 1.82) is 0 Å². The van der Waals surface area contributed by atoms with Crippen LogP contribution in [0, 0.1) is 0 Å². The van der Waals surface area contributed by atoms with E-state index >= 15 is 0 Å². The quantitative estimate of drug-likeness (QED) is 0.776. The zero-order chi connectivity index (χ0) is 17.8. The van der Waals surface area contributed by atoms with Crippen molar-refractivity contribution in [3.05, 3.63) is 58.0 Å². The summed E-state index contributed by atoms with van der Waals surface area (Å²) in [5.74, 6) is 0.671. The van der Waals surface area contributed by atoms with Crippen molar-refractivity contribution in [2.45, 2.75) is 45.3 Å². The second kappa shape index (κ2) is 7.51. The van der Waals surface area contributed by atoms with Gasteiger partial charge in [-0.05, 0) is 43.0 Å². The van der Waals surface area contributed by atoms with Gasteiger partial charge >= 0.3 is 0 Å². The number of hydrogen-bond acceptors (Lipinski definition) is 4. The van der Waals surface area contributed by atoms with Gasteiger partial charge in [0.1, 0.15) is 11.4 Å². The number of carbonyl (C=O) groups is 1. The molecule has 0 saturated heterocycles. The Kier molecular flexibility index (Phi) is 5.16. The number of amides is 1. The van der Waals surface area contributed by atoms with Gasteiger partial charge in [-0.2, -0.15) is 5.10 Å². The SMILES string of the molecule is CCCn1nc(C(=O)N(Cc2ccc(OC)cc2)C2CC2)ccc1=O. The van der Waals surface area contributed by atoms with Gasteiger partial charge in [0.25, 0.3) is 11.5 Å². The lowest BCUT2D eigenvalue weighted by Gasteiger charge is -2.22. The van der Waals surface area contributed by atoms with Gasteiger partial charge in [0.2, 0.25) is 0 Å². The third kappa shape index (κ3) is 4.07. The number of carbonyl (C=O) groups excluding carboxylic acids is 1. The van der Waals surface area contributed by atoms with E-state index in [1.807, 2.05) is 36.1 Å². The number of hydrogen-bond donors (Lipinski definition) is 0. The van der Waals surface area contributed by atoms with Crippen LogP contribution in [0.4, 0.5) is 0 Å². The minimum atomic E-state index is -0.175. The summed E-state index contributed by atoms with van der Waals surface area (Å²) in [5, 5.41) is 4.25. The highest BCUT2D eigenvalue weighted by Crippen LogP contribution is 2.29. The van der Waals surface area contributed by atoms with Crippen LogP contribution in [0.2, 0.25) is 0 Å². The molecule has 1 heterocycles. The maximum Gasteiger partial charge on any atom is 0.274 e. The normalized spacial score (nSPS) is 13.5. The molecule has 0 spiro atoms. The van der Waals surface area contributed by atoms with E-state index in [1.54, 1.807) is 7.11 Å². The molecule has 0 atom stereocenters. The van der Waals surface area contributed by atoms with Crippen molar-refractivity contribution in [1.82, 2.24) is 14.7 Å². The molecule has 0 bridgehead atoms. The third-order valence-electron chi connectivity index (χ3n) is 4.28. The van der Waals surface area contributed by atoms with Gasteiger partial charge in [-0.3, -0.25) is 9.59 Å². The zero-order valence-corrected chi connectivity index (χ0v) is 14.6. The van der Waals surface area contributed by atoms with E-state index < -0.39 is 0 Å². The van der Waals surface area contributed by atoms with Crippen molar-refractivity contribution >= 4 is 5.91 Å². The summed E-state index contributed by atoms with van der Waals surface area (Å²) in [6.07, 6.45) is 2.82. The van der Waals surface area contributed by atoms with Gasteiger partial charge in [-0.1, -0.05) is 19.1 Å². The van der Waals surface area contributed by atoms with Crippen LogP contribution in [0.3, 0.4) is 0 Å². The minimum absolute atomic E-state index is 0.122. The van der Waals surface area contributed by atoms with Gasteiger partial charge in [0.05, 0.1) is 7.11 Å². The first-order chi connectivity index (χ1) is 12.1. The molecule has 1 amide bonds. The largest absolute Gasteiger partial charge is 0.497 e. The summed E-state index contributed by atoms with van der Waals surface area (Å²) in [4.78, 5) is 26.6. The van der Waals surface area contributed by atoms with Crippen LogP contribution in [-0.4, -0.2) is 33.7 Å². The number of ether oxygens (including phenoxy) is 1. The average molecular weight is 341 g/mol. The van der Waals surface area contributed by atoms with Crippen LogP contribution in [0.15, 0.2) is 41.2 Å². The zero-order valence-electron chi connectivity index (χ0n) is 14.6. The summed E-state index contributed by atoms with van der Waals surface area (Å²) in [7, 11) is 1.63. The molecule has 0 N–H and O–H groups in total. The van der Waals surface area contributed by atoms with Crippen molar-refractivity contribution in [2.75, 3.05) is 7.11 Å². The van der Waals surface area contributed by atoms with E-state index in [9.17, 15) is 9.59 Å². The summed E-state index contributed by atoms with van der Waals surface area (Å²) >= 11 is 0. The van der Waals surface area contributed by atoms with Gasteiger partial charge < -0.3 is 9.64 Å². The molecule has 0 unspecified atom stereocenters. The molecular formula is C19H23N3O3. The van der Waals surface area contributed by atoms with Crippen molar-refractivity contribution < 1.29 is 9.53 Å². The highest BCUT2D eigenvalue weighted by molar-refractivity contribution is 5.92. The van der Waals surface area contributed by atoms with E-state index in [0.717, 1.165) is 30.6 Å². The number of methoxy groups -OCH3 is 1. The molecule has 1 aliphatic carbocycles. The highest BCUT2D eigenvalue weighted by Gasteiger charge is 2.33. The molecule has 1 aromatic heterocycles. The number of aromatic nitrogens is 2. The first kappa shape index (κ1) is 17.2. The fourth-order valence-corrected chi connectivity index (χ4v) is 2.76. The third-order valence-corrected chi connectivity index (χ3v) is 4.28. The predicted molar refractivity (Wildman–Crippen MR) is 94.7 cm³/mol. The monoisotopic (exact) mass is 341 g/mol. The van der Waals surface area contributed by atoms with Crippen LogP contribution < -0.4 is 10.3 Å². The lowest BCUT2D eigenvalue weighted by molar-refractivity contribution is 0.0721. The van der Waals surface area contributed by atoms with Gasteiger partial charge in [-0.25, -0.2) is 4.68 Å². The van der Waals surface area contributed by atoms with Crippen LogP contribution in [0.5, 0.6) is 5.75 Å². The smallest absolute Gasteiger partial charge is 0.274 e. The Morgan fingerprint density at radius 1 is 1.24 bits per heavy atom. The summed E-state index contributed by atoms with van der Waals surface area (Å²) in [6.45, 7) is 3.02. The van der Waals surface area contributed by atoms with Gasteiger partial charge in [0.15, 0.2) is 0 Å². The lowest BCUT2D eigenvalue weighted by Crippen LogP contribution is -2.35. The van der Waals surface area contributed by atoms with E-state index in [0.29, 0.717) is 18.8 Å². The molecule has 2 aromatic rings. The molecule has 1 saturated carbocycles. The minimum Gasteiger partial charge on any atom is -0.497 e. The highest BCUT2D eigenvalue weighted by atomic mass is 16.5. The van der Waals surface area contributed by atoms with Crippen LogP contribution >= 0.6 is 0 Å². The van der Waals surface area contributed by atoms with Crippen LogP contribution in [-0.2, 0) is 13.1 Å². The molecule has 132 valence electrons. The molecule has 1 aromatic carbocycles. The summed E-state index contributed by atoms with van der Waals surface area (Å²) < 4.78 is 6.54. The fourth-order valence-electron chi connectivity index (χ4n) is 2.76. The first-order valence-corrected chi connectivity index (χ1v) is 8.64. The maximum absolute atomic E-state index is 12.9. The molecule has 0 aliphatic heterocycles. The molecule has 1 aliphatic rings. The Morgan fingerprint density at radius 2 is 1.96 bits per heavy atom. The Labute approximate surface area is 147 Å². The van der Waals surface area contributed by atoms with Gasteiger partial charge in [0, 0.05) is 25.2 Å². The molecule has 3 rings (SSSR count). The fraction of sp³-hybridized carbons (Fsp3) is 0.421. The number of nitrogens with zero attached hydrogens (tertiary/aromatic N) is 3. The lowest BCUT2D eigenvalue weighted by atomic mass is 10.2. The van der Waals surface area contributed by atoms with Crippen LogP contribution in [0.25, 0.3) is 0 Å². The van der Waals surface area contributed by atoms with E-state index in [4.69, 9.17) is 4.74 Å². The second-order valence-corrected chi connectivity index (χ2v) is 6.29. The van der Waals surface area contributed by atoms with E-state index in [-0.39, 0.29) is 17.5 Å². The average Bonchev–Trinajstić information content (AvgIpc) is 3.46.